The Morgan fingerprint density at radius 3 is 3.00 bits per heavy atom. The van der Waals surface area contributed by atoms with Gasteiger partial charge in [0, 0.05) is 28.4 Å². The average Bonchev–Trinajstić information content (AvgIpc) is 2.84. The van der Waals surface area contributed by atoms with Crippen LogP contribution in [0.3, 0.4) is 0 Å². The Kier molecular flexibility index (Phi) is 2.68. The highest BCUT2D eigenvalue weighted by Crippen LogP contribution is 2.34. The fraction of sp³-hybridized carbons (Fsp3) is 0.0714. The normalized spacial score (nSPS) is 22.1. The number of nitrogens with one attached hydrogen (secondary N) is 2. The summed E-state index contributed by atoms with van der Waals surface area (Å²) in [5, 5.41) is 4.44. The van der Waals surface area contributed by atoms with Gasteiger partial charge < -0.3 is 4.98 Å². The maximum absolute atomic E-state index is 13.7. The number of H-pyrrole nitrogens is 1. The van der Waals surface area contributed by atoms with Gasteiger partial charge in [-0.3, -0.25) is 5.43 Å². The van der Waals surface area contributed by atoms with Crippen LogP contribution in [-0.2, 0) is 0 Å². The largest absolute Gasteiger partial charge is 0.355 e. The van der Waals surface area contributed by atoms with E-state index in [1.807, 2.05) is 6.07 Å². The molecule has 2 aromatic rings. The molecular weight excluding hydrogens is 265 g/mol. The number of hydrogen-bond donors (Lipinski definition) is 2. The third-order valence-electron chi connectivity index (χ3n) is 3.12. The lowest BCUT2D eigenvalue weighted by atomic mass is 10.0. The van der Waals surface area contributed by atoms with Crippen LogP contribution in [-0.4, -0.2) is 16.2 Å². The number of fused-ring (bicyclic) bond motifs is 1. The number of hydrogen-bond acceptors (Lipinski definition) is 2. The molecule has 1 aromatic carbocycles. The molecule has 0 amide bonds. The minimum absolute atomic E-state index is 0.267. The van der Waals surface area contributed by atoms with Crippen molar-refractivity contribution >= 4 is 34.3 Å². The van der Waals surface area contributed by atoms with E-state index in [0.717, 1.165) is 16.8 Å². The SMILES string of the molecule is C=CC1(Cl)NN=CC=C1c1cc2c(F)cccc2[nH]1. The average molecular weight is 276 g/mol. The molecule has 0 saturated heterocycles. The van der Waals surface area contributed by atoms with Crippen molar-refractivity contribution in [3.8, 4) is 0 Å². The Balaban J connectivity index is 2.18. The Hall–Kier alpha value is -2.07. The molecule has 0 fully saturated rings. The predicted molar refractivity (Wildman–Crippen MR) is 76.6 cm³/mol. The fourth-order valence-corrected chi connectivity index (χ4v) is 2.34. The number of aromatic nitrogens is 1. The number of allylic oxidation sites excluding steroid dienone is 1. The molecule has 2 heterocycles. The third kappa shape index (κ3) is 1.85. The van der Waals surface area contributed by atoms with Gasteiger partial charge in [-0.1, -0.05) is 24.2 Å². The van der Waals surface area contributed by atoms with Crippen LogP contribution in [0.25, 0.3) is 16.5 Å². The first-order valence-corrected chi connectivity index (χ1v) is 6.13. The summed E-state index contributed by atoms with van der Waals surface area (Å²) in [7, 11) is 0. The molecule has 2 N–H and O–H groups in total. The molecule has 3 rings (SSSR count). The lowest BCUT2D eigenvalue weighted by Crippen LogP contribution is -2.37. The van der Waals surface area contributed by atoms with E-state index in [9.17, 15) is 4.39 Å². The van der Waals surface area contributed by atoms with Gasteiger partial charge in [-0.15, -0.1) is 0 Å². The van der Waals surface area contributed by atoms with E-state index in [1.54, 1.807) is 30.5 Å². The molecule has 0 saturated carbocycles. The van der Waals surface area contributed by atoms with E-state index >= 15 is 0 Å². The topological polar surface area (TPSA) is 40.2 Å². The molecule has 19 heavy (non-hydrogen) atoms. The Bertz CT molecular complexity index is 717. The number of rotatable bonds is 2. The molecule has 1 unspecified atom stereocenters. The van der Waals surface area contributed by atoms with Gasteiger partial charge >= 0.3 is 0 Å². The first-order chi connectivity index (χ1) is 9.14. The first kappa shape index (κ1) is 12.0. The molecule has 0 radical (unpaired) electrons. The van der Waals surface area contributed by atoms with Crippen LogP contribution < -0.4 is 5.43 Å². The molecule has 1 aliphatic heterocycles. The van der Waals surface area contributed by atoms with E-state index in [1.165, 1.54) is 6.07 Å². The Morgan fingerprint density at radius 1 is 1.42 bits per heavy atom. The summed E-state index contributed by atoms with van der Waals surface area (Å²) < 4.78 is 13.7. The number of hydrazone groups is 1. The summed E-state index contributed by atoms with van der Waals surface area (Å²) in [5.41, 5.74) is 4.99. The maximum atomic E-state index is 13.7. The second kappa shape index (κ2) is 4.24. The van der Waals surface area contributed by atoms with E-state index < -0.39 is 5.00 Å². The van der Waals surface area contributed by atoms with Crippen molar-refractivity contribution < 1.29 is 4.39 Å². The molecule has 3 nitrogen and oxygen atoms in total. The van der Waals surface area contributed by atoms with Gasteiger partial charge in [0.25, 0.3) is 0 Å². The summed E-state index contributed by atoms with van der Waals surface area (Å²) in [6, 6.07) is 6.64. The van der Waals surface area contributed by atoms with Gasteiger partial charge in [0.2, 0.25) is 0 Å². The molecule has 96 valence electrons. The summed E-state index contributed by atoms with van der Waals surface area (Å²) in [4.78, 5) is 2.16. The van der Waals surface area contributed by atoms with Gasteiger partial charge in [0.15, 0.2) is 5.00 Å². The van der Waals surface area contributed by atoms with Crippen LogP contribution in [0.4, 0.5) is 4.39 Å². The van der Waals surface area contributed by atoms with Crippen LogP contribution in [0, 0.1) is 5.82 Å². The van der Waals surface area contributed by atoms with Crippen molar-refractivity contribution in [2.75, 3.05) is 0 Å². The smallest absolute Gasteiger partial charge is 0.173 e. The van der Waals surface area contributed by atoms with E-state index in [-0.39, 0.29) is 5.82 Å². The summed E-state index contributed by atoms with van der Waals surface area (Å²) >= 11 is 6.40. The highest BCUT2D eigenvalue weighted by atomic mass is 35.5. The zero-order valence-electron chi connectivity index (χ0n) is 9.95. The summed E-state index contributed by atoms with van der Waals surface area (Å²) in [5.74, 6) is -0.267. The number of alkyl halides is 1. The summed E-state index contributed by atoms with van der Waals surface area (Å²) in [6.07, 6.45) is 4.92. The number of halogens is 2. The van der Waals surface area contributed by atoms with Crippen molar-refractivity contribution in [2.24, 2.45) is 5.10 Å². The molecule has 1 aliphatic rings. The minimum atomic E-state index is -0.994. The summed E-state index contributed by atoms with van der Waals surface area (Å²) in [6.45, 7) is 3.71. The Morgan fingerprint density at radius 2 is 2.26 bits per heavy atom. The van der Waals surface area contributed by atoms with Crippen molar-refractivity contribution in [2.45, 2.75) is 5.00 Å². The highest BCUT2D eigenvalue weighted by Gasteiger charge is 2.31. The highest BCUT2D eigenvalue weighted by molar-refractivity contribution is 6.32. The van der Waals surface area contributed by atoms with Crippen LogP contribution in [0.5, 0.6) is 0 Å². The molecule has 1 aromatic heterocycles. The van der Waals surface area contributed by atoms with Crippen molar-refractivity contribution in [1.29, 1.82) is 0 Å². The van der Waals surface area contributed by atoms with Crippen molar-refractivity contribution in [1.82, 2.24) is 10.4 Å². The van der Waals surface area contributed by atoms with Crippen LogP contribution in [0.2, 0.25) is 0 Å². The second-order valence-electron chi connectivity index (χ2n) is 4.27. The minimum Gasteiger partial charge on any atom is -0.355 e. The van der Waals surface area contributed by atoms with Gasteiger partial charge in [-0.2, -0.15) is 5.10 Å². The first-order valence-electron chi connectivity index (χ1n) is 5.75. The van der Waals surface area contributed by atoms with E-state index in [2.05, 4.69) is 22.1 Å². The van der Waals surface area contributed by atoms with Crippen LogP contribution >= 0.6 is 11.6 Å². The molecule has 5 heteroatoms. The van der Waals surface area contributed by atoms with Gasteiger partial charge in [-0.25, -0.2) is 4.39 Å². The second-order valence-corrected chi connectivity index (χ2v) is 4.87. The number of aromatic amines is 1. The number of nitrogens with zero attached hydrogens (tertiary/aromatic N) is 1. The standard InChI is InChI=1S/C14H11ClFN3/c1-2-14(15)10(6-7-17-19-14)13-8-9-11(16)4-3-5-12(9)18-13/h2-8,18-19H,1H2. The molecular formula is C14H11ClFN3. The number of benzene rings is 1. The third-order valence-corrected chi connectivity index (χ3v) is 3.56. The maximum Gasteiger partial charge on any atom is 0.173 e. The zero-order valence-corrected chi connectivity index (χ0v) is 10.7. The van der Waals surface area contributed by atoms with Gasteiger partial charge in [0.05, 0.1) is 0 Å². The lowest BCUT2D eigenvalue weighted by Gasteiger charge is -2.27. The molecule has 0 bridgehead atoms. The van der Waals surface area contributed by atoms with Crippen LogP contribution in [0.15, 0.2) is 48.1 Å². The van der Waals surface area contributed by atoms with E-state index in [4.69, 9.17) is 11.6 Å². The predicted octanol–water partition coefficient (Wildman–Crippen LogP) is 3.40. The van der Waals surface area contributed by atoms with Gasteiger partial charge in [-0.05, 0) is 30.4 Å². The molecule has 0 spiro atoms. The molecule has 0 aliphatic carbocycles. The van der Waals surface area contributed by atoms with Crippen molar-refractivity contribution in [3.05, 3.63) is 54.5 Å². The quantitative estimate of drug-likeness (QED) is 0.492. The Labute approximate surface area is 114 Å². The van der Waals surface area contributed by atoms with Crippen LogP contribution in [0.1, 0.15) is 5.69 Å². The lowest BCUT2D eigenvalue weighted by molar-refractivity contribution is 0.640. The zero-order chi connectivity index (χ0) is 13.5. The van der Waals surface area contributed by atoms with Gasteiger partial charge in [0.1, 0.15) is 5.82 Å². The monoisotopic (exact) mass is 275 g/mol. The van der Waals surface area contributed by atoms with Crippen molar-refractivity contribution in [3.63, 3.8) is 0 Å². The fourth-order valence-electron chi connectivity index (χ4n) is 2.13. The molecule has 1 atom stereocenters. The van der Waals surface area contributed by atoms with E-state index in [0.29, 0.717) is 5.39 Å².